The number of methoxy groups -OCH3 is 1. The lowest BCUT2D eigenvalue weighted by atomic mass is 9.90. The summed E-state index contributed by atoms with van der Waals surface area (Å²) in [5.41, 5.74) is 3.16. The van der Waals surface area contributed by atoms with Crippen molar-refractivity contribution in [2.24, 2.45) is 0 Å². The third-order valence-corrected chi connectivity index (χ3v) is 9.42. The lowest BCUT2D eigenvalue weighted by Gasteiger charge is -2.36. The van der Waals surface area contributed by atoms with Crippen LogP contribution in [0.3, 0.4) is 0 Å². The van der Waals surface area contributed by atoms with E-state index in [4.69, 9.17) is 9.47 Å². The van der Waals surface area contributed by atoms with E-state index in [2.05, 4.69) is 20.4 Å². The van der Waals surface area contributed by atoms with Crippen LogP contribution in [0.5, 0.6) is 11.5 Å². The first-order valence-corrected chi connectivity index (χ1v) is 15.9. The van der Waals surface area contributed by atoms with Crippen LogP contribution in [0.15, 0.2) is 30.3 Å². The first kappa shape index (κ1) is 30.3. The van der Waals surface area contributed by atoms with Gasteiger partial charge in [-0.1, -0.05) is 6.07 Å². The number of hydrogen-bond donors (Lipinski definition) is 2. The highest BCUT2D eigenvalue weighted by atomic mass is 19.1. The molecule has 10 nitrogen and oxygen atoms in total. The van der Waals surface area contributed by atoms with Gasteiger partial charge in [0, 0.05) is 57.0 Å². The third-order valence-electron chi connectivity index (χ3n) is 9.42. The number of halogens is 1. The minimum absolute atomic E-state index is 0.161. The van der Waals surface area contributed by atoms with Gasteiger partial charge in [-0.25, -0.2) is 4.39 Å². The maximum Gasteiger partial charge on any atom is 0.258 e. The molecule has 2 aromatic rings. The summed E-state index contributed by atoms with van der Waals surface area (Å²) in [7, 11) is 1.56. The van der Waals surface area contributed by atoms with Crippen molar-refractivity contribution in [1.29, 1.82) is 0 Å². The summed E-state index contributed by atoms with van der Waals surface area (Å²) < 4.78 is 26.2. The third kappa shape index (κ3) is 6.53. The van der Waals surface area contributed by atoms with E-state index >= 15 is 0 Å². The van der Waals surface area contributed by atoms with Gasteiger partial charge in [-0.15, -0.1) is 0 Å². The number of unbranched alkanes of at least 4 members (excludes halogenated alkanes) is 1. The van der Waals surface area contributed by atoms with Crippen LogP contribution in [0.4, 0.5) is 10.1 Å². The first-order chi connectivity index (χ1) is 21.4. The average Bonchev–Trinajstić information content (AvgIpc) is 3.37. The number of hydrogen-bond acceptors (Lipinski definition) is 8. The number of amides is 3. The fourth-order valence-electron chi connectivity index (χ4n) is 6.92. The molecule has 236 valence electrons. The van der Waals surface area contributed by atoms with Gasteiger partial charge in [0.15, 0.2) is 0 Å². The lowest BCUT2D eigenvalue weighted by Crippen LogP contribution is -2.52. The molecular formula is C33H42FN5O5. The smallest absolute Gasteiger partial charge is 0.258 e. The number of carbonyl (C=O) groups is 3. The van der Waals surface area contributed by atoms with Gasteiger partial charge in [-0.3, -0.25) is 24.6 Å². The van der Waals surface area contributed by atoms with Gasteiger partial charge in [0.05, 0.1) is 19.3 Å². The summed E-state index contributed by atoms with van der Waals surface area (Å²) >= 11 is 0. The Bertz CT molecular complexity index is 1390. The Morgan fingerprint density at radius 3 is 2.50 bits per heavy atom. The van der Waals surface area contributed by atoms with Crippen molar-refractivity contribution in [1.82, 2.24) is 20.4 Å². The molecule has 0 bridgehead atoms. The standard InChI is InChI=1S/C33H42FN5O5/c1-43-29-19-24(18-23-21-39(33(42)31(23)29)28-6-7-30(40)36-32(28)41)38-15-13-37(14-16-38)12-2-3-17-44-25-4-5-26(27(34)20-25)22-8-10-35-11-9-22/h4-5,18-20,22,28,35H,2-3,6-17,21H2,1H3,(H,36,40,41). The molecule has 0 spiro atoms. The van der Waals surface area contributed by atoms with Crippen LogP contribution >= 0.6 is 0 Å². The highest BCUT2D eigenvalue weighted by Gasteiger charge is 2.41. The minimum Gasteiger partial charge on any atom is -0.496 e. The van der Waals surface area contributed by atoms with Gasteiger partial charge in [0.25, 0.3) is 5.91 Å². The Labute approximate surface area is 257 Å². The predicted octanol–water partition coefficient (Wildman–Crippen LogP) is 3.04. The lowest BCUT2D eigenvalue weighted by molar-refractivity contribution is -0.136. The fourth-order valence-corrected chi connectivity index (χ4v) is 6.92. The second-order valence-electron chi connectivity index (χ2n) is 12.2. The molecule has 1 atom stereocenters. The molecule has 4 aliphatic heterocycles. The van der Waals surface area contributed by atoms with Crippen LogP contribution in [0, 0.1) is 5.82 Å². The second-order valence-corrected chi connectivity index (χ2v) is 12.2. The molecule has 3 saturated heterocycles. The maximum absolute atomic E-state index is 14.7. The molecule has 11 heteroatoms. The maximum atomic E-state index is 14.7. The number of fused-ring (bicyclic) bond motifs is 1. The quantitative estimate of drug-likeness (QED) is 0.314. The number of carbonyl (C=O) groups excluding carboxylic acids is 3. The van der Waals surface area contributed by atoms with Crippen molar-refractivity contribution in [2.45, 2.75) is 57.0 Å². The normalized spacial score (nSPS) is 21.4. The molecule has 3 amide bonds. The Balaban J connectivity index is 0.959. The fraction of sp³-hybridized carbons (Fsp3) is 0.545. The molecule has 0 aromatic heterocycles. The zero-order chi connectivity index (χ0) is 30.6. The number of imide groups is 1. The second kappa shape index (κ2) is 13.5. The van der Waals surface area contributed by atoms with E-state index in [1.54, 1.807) is 12.0 Å². The molecule has 4 heterocycles. The summed E-state index contributed by atoms with van der Waals surface area (Å²) in [5, 5.41) is 5.68. The topological polar surface area (TPSA) is 103 Å². The van der Waals surface area contributed by atoms with Crippen LogP contribution in [-0.2, 0) is 16.1 Å². The molecule has 0 saturated carbocycles. The highest BCUT2D eigenvalue weighted by molar-refractivity contribution is 6.06. The van der Waals surface area contributed by atoms with Gasteiger partial charge in [0.2, 0.25) is 11.8 Å². The van der Waals surface area contributed by atoms with Crippen LogP contribution in [0.25, 0.3) is 0 Å². The predicted molar refractivity (Wildman–Crippen MR) is 164 cm³/mol. The molecule has 0 radical (unpaired) electrons. The van der Waals surface area contributed by atoms with Gasteiger partial charge in [0.1, 0.15) is 23.4 Å². The van der Waals surface area contributed by atoms with Crippen molar-refractivity contribution < 1.29 is 28.2 Å². The minimum atomic E-state index is -0.652. The number of benzene rings is 2. The van der Waals surface area contributed by atoms with E-state index in [1.807, 2.05) is 24.3 Å². The Morgan fingerprint density at radius 2 is 1.77 bits per heavy atom. The average molecular weight is 608 g/mol. The zero-order valence-electron chi connectivity index (χ0n) is 25.4. The summed E-state index contributed by atoms with van der Waals surface area (Å²) in [4.78, 5) is 43.6. The van der Waals surface area contributed by atoms with E-state index < -0.39 is 11.9 Å². The Morgan fingerprint density at radius 1 is 0.977 bits per heavy atom. The van der Waals surface area contributed by atoms with Crippen LogP contribution in [0.2, 0.25) is 0 Å². The number of rotatable bonds is 10. The van der Waals surface area contributed by atoms with Crippen molar-refractivity contribution >= 4 is 23.4 Å². The molecule has 44 heavy (non-hydrogen) atoms. The van der Waals surface area contributed by atoms with Crippen LogP contribution in [0.1, 0.15) is 65.9 Å². The van der Waals surface area contributed by atoms with E-state index in [1.165, 1.54) is 6.07 Å². The number of nitrogens with one attached hydrogen (secondary N) is 2. The number of anilines is 1. The molecule has 4 aliphatic rings. The van der Waals surface area contributed by atoms with Crippen molar-refractivity contribution in [3.63, 3.8) is 0 Å². The first-order valence-electron chi connectivity index (χ1n) is 15.9. The van der Waals surface area contributed by atoms with Crippen LogP contribution in [-0.4, -0.2) is 93.1 Å². The molecular weight excluding hydrogens is 565 g/mol. The largest absolute Gasteiger partial charge is 0.496 e. The molecule has 1 unspecified atom stereocenters. The highest BCUT2D eigenvalue weighted by Crippen LogP contribution is 2.37. The Hall–Kier alpha value is -3.70. The summed E-state index contributed by atoms with van der Waals surface area (Å²) in [6.45, 7) is 7.29. The number of nitrogens with zero attached hydrogens (tertiary/aromatic N) is 3. The number of ether oxygens (including phenoxy) is 2. The Kier molecular flexibility index (Phi) is 9.32. The molecule has 2 aromatic carbocycles. The monoisotopic (exact) mass is 607 g/mol. The van der Waals surface area contributed by atoms with E-state index in [0.29, 0.717) is 36.6 Å². The molecule has 2 N–H and O–H groups in total. The van der Waals surface area contributed by atoms with Crippen molar-refractivity contribution in [2.75, 3.05) is 64.4 Å². The van der Waals surface area contributed by atoms with Crippen LogP contribution < -0.4 is 25.0 Å². The SMILES string of the molecule is COc1cc(N2CCN(CCCCOc3ccc(C4CCNCC4)c(F)c3)CC2)cc2c1C(=O)N(C1CCC(=O)NC1=O)C2. The van der Waals surface area contributed by atoms with E-state index in [0.717, 1.165) is 88.3 Å². The van der Waals surface area contributed by atoms with Gasteiger partial charge in [-0.05, 0) is 80.9 Å². The van der Waals surface area contributed by atoms with Gasteiger partial charge < -0.3 is 24.6 Å². The summed E-state index contributed by atoms with van der Waals surface area (Å²) in [6.07, 6.45) is 4.40. The summed E-state index contributed by atoms with van der Waals surface area (Å²) in [6, 6.07) is 8.63. The van der Waals surface area contributed by atoms with E-state index in [-0.39, 0.29) is 30.0 Å². The zero-order valence-corrected chi connectivity index (χ0v) is 25.4. The van der Waals surface area contributed by atoms with Gasteiger partial charge >= 0.3 is 0 Å². The molecule has 0 aliphatic carbocycles. The van der Waals surface area contributed by atoms with Crippen molar-refractivity contribution in [3.8, 4) is 11.5 Å². The van der Waals surface area contributed by atoms with E-state index in [9.17, 15) is 18.8 Å². The number of piperazine rings is 1. The summed E-state index contributed by atoms with van der Waals surface area (Å²) in [5.74, 6) is 0.293. The van der Waals surface area contributed by atoms with Crippen molar-refractivity contribution in [3.05, 3.63) is 52.8 Å². The van der Waals surface area contributed by atoms with Gasteiger partial charge in [-0.2, -0.15) is 0 Å². The molecule has 3 fully saturated rings. The number of piperidine rings is 2. The molecule has 6 rings (SSSR count).